The number of aromatic nitrogens is 1. The van der Waals surface area contributed by atoms with E-state index < -0.39 is 0 Å². The molecule has 1 aromatic heterocycles. The van der Waals surface area contributed by atoms with Crippen LogP contribution >= 0.6 is 0 Å². The summed E-state index contributed by atoms with van der Waals surface area (Å²) in [5.41, 5.74) is 1.79. The van der Waals surface area contributed by atoms with Crippen LogP contribution in [-0.4, -0.2) is 10.8 Å². The Hall–Kier alpha value is -1.57. The average molecular weight is 189 g/mol. The van der Waals surface area contributed by atoms with Gasteiger partial charge >= 0.3 is 0 Å². The maximum absolute atomic E-state index is 11.1. The number of Topliss-reactive ketones (excluding diaryl/α,β-unsaturated/α-hetero) is 1. The molecule has 0 spiro atoms. The van der Waals surface area contributed by atoms with Crippen molar-refractivity contribution in [1.29, 1.82) is 0 Å². The summed E-state index contributed by atoms with van der Waals surface area (Å²) >= 11 is 0. The Morgan fingerprint density at radius 1 is 1.21 bits per heavy atom. The zero-order valence-corrected chi connectivity index (χ0v) is 8.79. The molecule has 0 aliphatic carbocycles. The fourth-order valence-corrected chi connectivity index (χ4v) is 1.36. The predicted octanol–water partition coefficient (Wildman–Crippen LogP) is 3.40. The van der Waals surface area contributed by atoms with E-state index in [2.05, 4.69) is 4.98 Å². The number of rotatable bonds is 1. The first-order valence-electron chi connectivity index (χ1n) is 4.86. The monoisotopic (exact) mass is 189 g/mol. The zero-order valence-electron chi connectivity index (χ0n) is 8.79. The normalized spacial score (nSPS) is 9.36. The van der Waals surface area contributed by atoms with Gasteiger partial charge in [0.1, 0.15) is 0 Å². The van der Waals surface area contributed by atoms with E-state index in [9.17, 15) is 4.79 Å². The molecule has 0 amide bonds. The predicted molar refractivity (Wildman–Crippen MR) is 59.7 cm³/mol. The second-order valence-electron chi connectivity index (χ2n) is 2.80. The number of hydrogen-bond donors (Lipinski definition) is 1. The Bertz CT molecular complexity index is 429. The molecular weight excluding hydrogens is 174 g/mol. The van der Waals surface area contributed by atoms with Gasteiger partial charge < -0.3 is 4.98 Å². The first-order chi connectivity index (χ1) is 6.79. The van der Waals surface area contributed by atoms with Crippen LogP contribution in [-0.2, 0) is 0 Å². The molecule has 0 radical (unpaired) electrons. The maximum atomic E-state index is 11.1. The van der Waals surface area contributed by atoms with Crippen LogP contribution in [0.15, 0.2) is 30.5 Å². The van der Waals surface area contributed by atoms with Gasteiger partial charge in [0, 0.05) is 22.7 Å². The molecule has 0 saturated carbocycles. The van der Waals surface area contributed by atoms with Crippen LogP contribution < -0.4 is 0 Å². The fraction of sp³-hybridized carbons (Fsp3) is 0.250. The number of H-pyrrole nitrogens is 1. The van der Waals surface area contributed by atoms with Crippen molar-refractivity contribution >= 4 is 16.7 Å². The Morgan fingerprint density at radius 3 is 2.50 bits per heavy atom. The molecule has 0 atom stereocenters. The topological polar surface area (TPSA) is 32.9 Å². The molecule has 2 aromatic rings. The lowest BCUT2D eigenvalue weighted by Gasteiger charge is -1.90. The van der Waals surface area contributed by atoms with Crippen LogP contribution in [0.2, 0.25) is 0 Å². The summed E-state index contributed by atoms with van der Waals surface area (Å²) in [6.45, 7) is 5.58. The summed E-state index contributed by atoms with van der Waals surface area (Å²) in [6.07, 6.45) is 1.76. The second-order valence-corrected chi connectivity index (χ2v) is 2.80. The Balaban J connectivity index is 0.000000461. The molecule has 0 fully saturated rings. The number of para-hydroxylation sites is 1. The third-order valence-electron chi connectivity index (χ3n) is 1.97. The molecule has 0 saturated heterocycles. The molecule has 1 aromatic carbocycles. The molecule has 1 N–H and O–H groups in total. The van der Waals surface area contributed by atoms with Crippen molar-refractivity contribution in [2.24, 2.45) is 0 Å². The highest BCUT2D eigenvalue weighted by Gasteiger charge is 2.05. The molecule has 2 nitrogen and oxygen atoms in total. The SMILES string of the molecule is CC.CC(=O)c1c[nH]c2ccccc12. The van der Waals surface area contributed by atoms with Crippen LogP contribution in [0.1, 0.15) is 31.1 Å². The largest absolute Gasteiger partial charge is 0.360 e. The number of ketones is 1. The van der Waals surface area contributed by atoms with Crippen molar-refractivity contribution < 1.29 is 4.79 Å². The van der Waals surface area contributed by atoms with E-state index in [0.717, 1.165) is 16.5 Å². The zero-order chi connectivity index (χ0) is 10.6. The van der Waals surface area contributed by atoms with E-state index >= 15 is 0 Å². The van der Waals surface area contributed by atoms with Gasteiger partial charge in [0.2, 0.25) is 0 Å². The highest BCUT2D eigenvalue weighted by molar-refractivity contribution is 6.06. The molecule has 2 rings (SSSR count). The van der Waals surface area contributed by atoms with Crippen LogP contribution in [0.3, 0.4) is 0 Å². The van der Waals surface area contributed by atoms with Gasteiger partial charge in [0.05, 0.1) is 0 Å². The minimum absolute atomic E-state index is 0.104. The molecule has 74 valence electrons. The van der Waals surface area contributed by atoms with Crippen LogP contribution in [0.4, 0.5) is 0 Å². The molecular formula is C12H15NO. The molecule has 1 heterocycles. The summed E-state index contributed by atoms with van der Waals surface area (Å²) in [7, 11) is 0. The third kappa shape index (κ3) is 1.84. The molecule has 0 bridgehead atoms. The fourth-order valence-electron chi connectivity index (χ4n) is 1.36. The van der Waals surface area contributed by atoms with Gasteiger partial charge in [-0.2, -0.15) is 0 Å². The number of aromatic amines is 1. The number of carbonyl (C=O) groups is 1. The van der Waals surface area contributed by atoms with Crippen molar-refractivity contribution in [2.75, 3.05) is 0 Å². The number of benzene rings is 1. The molecule has 0 aliphatic rings. The van der Waals surface area contributed by atoms with Gasteiger partial charge in [0.25, 0.3) is 0 Å². The number of nitrogens with one attached hydrogen (secondary N) is 1. The van der Waals surface area contributed by atoms with Gasteiger partial charge in [-0.1, -0.05) is 32.0 Å². The van der Waals surface area contributed by atoms with E-state index in [4.69, 9.17) is 0 Å². The molecule has 0 aliphatic heterocycles. The number of hydrogen-bond acceptors (Lipinski definition) is 1. The third-order valence-corrected chi connectivity index (χ3v) is 1.97. The van der Waals surface area contributed by atoms with Gasteiger partial charge in [-0.3, -0.25) is 4.79 Å². The highest BCUT2D eigenvalue weighted by atomic mass is 16.1. The van der Waals surface area contributed by atoms with E-state index in [0.29, 0.717) is 0 Å². The lowest BCUT2D eigenvalue weighted by Crippen LogP contribution is -1.87. The summed E-state index contributed by atoms with van der Waals surface area (Å²) < 4.78 is 0. The van der Waals surface area contributed by atoms with E-state index in [1.165, 1.54) is 0 Å². The Labute approximate surface area is 83.9 Å². The summed E-state index contributed by atoms with van der Waals surface area (Å²) in [4.78, 5) is 14.1. The minimum atomic E-state index is 0.104. The van der Waals surface area contributed by atoms with E-state index in [1.54, 1.807) is 13.1 Å². The van der Waals surface area contributed by atoms with Gasteiger partial charge in [-0.25, -0.2) is 0 Å². The Morgan fingerprint density at radius 2 is 1.86 bits per heavy atom. The van der Waals surface area contributed by atoms with Gasteiger partial charge in [-0.05, 0) is 13.0 Å². The molecule has 0 unspecified atom stereocenters. The summed E-state index contributed by atoms with van der Waals surface area (Å²) in [6, 6.07) is 7.79. The molecule has 2 heteroatoms. The second kappa shape index (κ2) is 4.61. The van der Waals surface area contributed by atoms with E-state index in [-0.39, 0.29) is 5.78 Å². The van der Waals surface area contributed by atoms with Crippen molar-refractivity contribution in [1.82, 2.24) is 4.98 Å². The first-order valence-corrected chi connectivity index (χ1v) is 4.86. The van der Waals surface area contributed by atoms with Crippen LogP contribution in [0, 0.1) is 0 Å². The van der Waals surface area contributed by atoms with Crippen LogP contribution in [0.25, 0.3) is 10.9 Å². The Kier molecular flexibility index (Phi) is 3.46. The highest BCUT2D eigenvalue weighted by Crippen LogP contribution is 2.17. The van der Waals surface area contributed by atoms with Crippen molar-refractivity contribution in [3.8, 4) is 0 Å². The van der Waals surface area contributed by atoms with Gasteiger partial charge in [-0.15, -0.1) is 0 Å². The summed E-state index contributed by atoms with van der Waals surface area (Å²) in [5, 5.41) is 1.00. The van der Waals surface area contributed by atoms with Gasteiger partial charge in [0.15, 0.2) is 5.78 Å². The smallest absolute Gasteiger partial charge is 0.161 e. The van der Waals surface area contributed by atoms with Crippen molar-refractivity contribution in [2.45, 2.75) is 20.8 Å². The lowest BCUT2D eigenvalue weighted by molar-refractivity contribution is 0.101. The van der Waals surface area contributed by atoms with Crippen molar-refractivity contribution in [3.05, 3.63) is 36.0 Å². The number of fused-ring (bicyclic) bond motifs is 1. The maximum Gasteiger partial charge on any atom is 0.161 e. The lowest BCUT2D eigenvalue weighted by atomic mass is 10.1. The van der Waals surface area contributed by atoms with Crippen molar-refractivity contribution in [3.63, 3.8) is 0 Å². The van der Waals surface area contributed by atoms with E-state index in [1.807, 2.05) is 38.1 Å². The quantitative estimate of drug-likeness (QED) is 0.685. The minimum Gasteiger partial charge on any atom is -0.360 e. The molecule has 14 heavy (non-hydrogen) atoms. The summed E-state index contributed by atoms with van der Waals surface area (Å²) in [5.74, 6) is 0.104. The average Bonchev–Trinajstić information content (AvgIpc) is 2.64. The number of carbonyl (C=O) groups excluding carboxylic acids is 1. The standard InChI is InChI=1S/C10H9NO.C2H6/c1-7(12)9-6-11-10-5-3-2-4-8(9)10;1-2/h2-6,11H,1H3;1-2H3. The first kappa shape index (κ1) is 10.5. The van der Waals surface area contributed by atoms with Crippen LogP contribution in [0.5, 0.6) is 0 Å².